The molecule has 1 saturated carbocycles. The Hall–Kier alpha value is -0.370. The van der Waals surface area contributed by atoms with Crippen molar-refractivity contribution in [3.8, 4) is 0 Å². The van der Waals surface area contributed by atoms with Gasteiger partial charge in [0.15, 0.2) is 0 Å². The molecule has 2 heteroatoms. The van der Waals surface area contributed by atoms with Crippen molar-refractivity contribution in [2.24, 2.45) is 11.3 Å². The molecule has 1 saturated heterocycles. The van der Waals surface area contributed by atoms with Crippen LogP contribution in [-0.4, -0.2) is 19.4 Å². The molecular formula is C7H11NO. The molecule has 1 heterocycles. The molecule has 0 amide bonds. The summed E-state index contributed by atoms with van der Waals surface area (Å²) >= 11 is 0. The van der Waals surface area contributed by atoms with Gasteiger partial charge in [-0.05, 0) is 12.8 Å². The molecule has 0 aromatic heterocycles. The summed E-state index contributed by atoms with van der Waals surface area (Å²) in [5.74, 6) is 0.388. The van der Waals surface area contributed by atoms with Crippen LogP contribution in [0.3, 0.4) is 0 Å². The average Bonchev–Trinajstić information content (AvgIpc) is 1.59. The van der Waals surface area contributed by atoms with Gasteiger partial charge in [-0.2, -0.15) is 0 Å². The van der Waals surface area contributed by atoms with Crippen LogP contribution in [0, 0.1) is 11.3 Å². The van der Waals surface area contributed by atoms with E-state index in [1.807, 2.05) is 0 Å². The lowest BCUT2D eigenvalue weighted by Crippen LogP contribution is -2.62. The summed E-state index contributed by atoms with van der Waals surface area (Å²) in [5, 5.41) is 3.21. The van der Waals surface area contributed by atoms with Gasteiger partial charge < -0.3 is 10.1 Å². The number of aldehydes is 1. The fraction of sp³-hybridized carbons (Fsp3) is 0.857. The van der Waals surface area contributed by atoms with Gasteiger partial charge in [0.1, 0.15) is 6.29 Å². The second kappa shape index (κ2) is 1.57. The first-order valence-electron chi connectivity index (χ1n) is 3.53. The number of hydrogen-bond donors (Lipinski definition) is 1. The zero-order valence-corrected chi connectivity index (χ0v) is 5.39. The van der Waals surface area contributed by atoms with Crippen molar-refractivity contribution >= 4 is 6.29 Å². The van der Waals surface area contributed by atoms with E-state index in [1.165, 1.54) is 6.42 Å². The van der Waals surface area contributed by atoms with Crippen molar-refractivity contribution in [3.63, 3.8) is 0 Å². The summed E-state index contributed by atoms with van der Waals surface area (Å²) in [6, 6.07) is 0. The first-order chi connectivity index (χ1) is 4.37. The minimum atomic E-state index is 0.388. The van der Waals surface area contributed by atoms with Crippen LogP contribution in [0.2, 0.25) is 0 Å². The van der Waals surface area contributed by atoms with Gasteiger partial charge in [-0.1, -0.05) is 0 Å². The highest BCUT2D eigenvalue weighted by atomic mass is 16.1. The minimum Gasteiger partial charge on any atom is -0.315 e. The first kappa shape index (κ1) is 5.42. The molecule has 0 bridgehead atoms. The third-order valence-corrected chi connectivity index (χ3v) is 2.86. The van der Waals surface area contributed by atoms with Crippen molar-refractivity contribution in [1.82, 2.24) is 5.32 Å². The zero-order valence-electron chi connectivity index (χ0n) is 5.39. The van der Waals surface area contributed by atoms with Crippen LogP contribution in [-0.2, 0) is 4.79 Å². The highest BCUT2D eigenvalue weighted by Gasteiger charge is 2.50. The van der Waals surface area contributed by atoms with Gasteiger partial charge in [-0.3, -0.25) is 0 Å². The molecule has 2 fully saturated rings. The monoisotopic (exact) mass is 125 g/mol. The van der Waals surface area contributed by atoms with E-state index < -0.39 is 0 Å². The Morgan fingerprint density at radius 3 is 2.44 bits per heavy atom. The zero-order chi connectivity index (χ0) is 6.32. The molecule has 0 radical (unpaired) electrons. The van der Waals surface area contributed by atoms with Crippen LogP contribution in [0.1, 0.15) is 12.8 Å². The molecule has 1 unspecified atom stereocenters. The molecule has 1 atom stereocenters. The lowest BCUT2D eigenvalue weighted by molar-refractivity contribution is -0.124. The highest BCUT2D eigenvalue weighted by Crippen LogP contribution is 2.48. The third kappa shape index (κ3) is 0.517. The van der Waals surface area contributed by atoms with Crippen molar-refractivity contribution in [3.05, 3.63) is 0 Å². The van der Waals surface area contributed by atoms with E-state index in [4.69, 9.17) is 0 Å². The Balaban J connectivity index is 2.04. The van der Waals surface area contributed by atoms with E-state index >= 15 is 0 Å². The number of hydrogen-bond acceptors (Lipinski definition) is 2. The van der Waals surface area contributed by atoms with E-state index in [0.717, 1.165) is 25.8 Å². The molecule has 0 aromatic carbocycles. The van der Waals surface area contributed by atoms with Gasteiger partial charge in [0, 0.05) is 24.4 Å². The Morgan fingerprint density at radius 1 is 1.56 bits per heavy atom. The largest absolute Gasteiger partial charge is 0.315 e. The molecule has 1 aliphatic heterocycles. The van der Waals surface area contributed by atoms with Crippen molar-refractivity contribution in [2.45, 2.75) is 12.8 Å². The first-order valence-corrected chi connectivity index (χ1v) is 3.53. The maximum absolute atomic E-state index is 10.4. The Kier molecular flexibility index (Phi) is 0.943. The second-order valence-electron chi connectivity index (χ2n) is 3.25. The summed E-state index contributed by atoms with van der Waals surface area (Å²) in [4.78, 5) is 10.4. The lowest BCUT2D eigenvalue weighted by atomic mass is 9.57. The fourth-order valence-electron chi connectivity index (χ4n) is 1.82. The number of carbonyl (C=O) groups excluding carboxylic acids is 1. The van der Waals surface area contributed by atoms with Crippen molar-refractivity contribution < 1.29 is 4.79 Å². The topological polar surface area (TPSA) is 29.1 Å². The maximum atomic E-state index is 10.4. The molecule has 1 N–H and O–H groups in total. The van der Waals surface area contributed by atoms with E-state index in [-0.39, 0.29) is 0 Å². The molecule has 50 valence electrons. The Morgan fingerprint density at radius 2 is 2.33 bits per heavy atom. The third-order valence-electron chi connectivity index (χ3n) is 2.86. The predicted molar refractivity (Wildman–Crippen MR) is 34.1 cm³/mol. The Bertz CT molecular complexity index is 134. The molecule has 0 aromatic rings. The standard InChI is InChI=1S/C7H11NO/c9-3-6-1-2-7(6)4-8-5-7/h3,6,8H,1-2,4-5H2. The molecule has 2 nitrogen and oxygen atoms in total. The summed E-state index contributed by atoms with van der Waals surface area (Å²) < 4.78 is 0. The smallest absolute Gasteiger partial charge is 0.123 e. The summed E-state index contributed by atoms with van der Waals surface area (Å²) in [7, 11) is 0. The molecule has 2 aliphatic rings. The van der Waals surface area contributed by atoms with E-state index in [2.05, 4.69) is 5.32 Å². The fourth-order valence-corrected chi connectivity index (χ4v) is 1.82. The predicted octanol–water partition coefficient (Wildman–Crippen LogP) is 0.185. The van der Waals surface area contributed by atoms with Crippen LogP contribution < -0.4 is 5.32 Å². The van der Waals surface area contributed by atoms with Gasteiger partial charge in [-0.15, -0.1) is 0 Å². The number of carbonyl (C=O) groups is 1. The lowest BCUT2D eigenvalue weighted by Gasteiger charge is -2.54. The summed E-state index contributed by atoms with van der Waals surface area (Å²) in [5.41, 5.74) is 0.432. The molecular weight excluding hydrogens is 114 g/mol. The normalized spacial score (nSPS) is 37.1. The summed E-state index contributed by atoms with van der Waals surface area (Å²) in [6.07, 6.45) is 3.53. The van der Waals surface area contributed by atoms with Crippen molar-refractivity contribution in [1.29, 1.82) is 0 Å². The minimum absolute atomic E-state index is 0.388. The van der Waals surface area contributed by atoms with Crippen LogP contribution in [0.25, 0.3) is 0 Å². The van der Waals surface area contributed by atoms with Crippen LogP contribution in [0.4, 0.5) is 0 Å². The SMILES string of the molecule is O=CC1CCC12CNC2. The number of rotatable bonds is 1. The van der Waals surface area contributed by atoms with Crippen LogP contribution in [0.5, 0.6) is 0 Å². The molecule has 1 aliphatic carbocycles. The van der Waals surface area contributed by atoms with Gasteiger partial charge in [0.2, 0.25) is 0 Å². The Labute approximate surface area is 54.6 Å². The molecule has 2 rings (SSSR count). The molecule has 9 heavy (non-hydrogen) atoms. The van der Waals surface area contributed by atoms with Crippen LogP contribution >= 0.6 is 0 Å². The highest BCUT2D eigenvalue weighted by molar-refractivity contribution is 5.57. The van der Waals surface area contributed by atoms with E-state index in [1.54, 1.807) is 0 Å². The molecule has 1 spiro atoms. The van der Waals surface area contributed by atoms with Gasteiger partial charge in [0.25, 0.3) is 0 Å². The quantitative estimate of drug-likeness (QED) is 0.507. The summed E-state index contributed by atoms with van der Waals surface area (Å²) in [6.45, 7) is 2.16. The average molecular weight is 125 g/mol. The number of nitrogens with one attached hydrogen (secondary N) is 1. The van der Waals surface area contributed by atoms with E-state index in [0.29, 0.717) is 11.3 Å². The second-order valence-corrected chi connectivity index (χ2v) is 3.25. The van der Waals surface area contributed by atoms with Gasteiger partial charge in [0.05, 0.1) is 0 Å². The van der Waals surface area contributed by atoms with Gasteiger partial charge in [-0.25, -0.2) is 0 Å². The van der Waals surface area contributed by atoms with E-state index in [9.17, 15) is 4.79 Å². The van der Waals surface area contributed by atoms with Gasteiger partial charge >= 0.3 is 0 Å². The van der Waals surface area contributed by atoms with Crippen LogP contribution in [0.15, 0.2) is 0 Å². The van der Waals surface area contributed by atoms with Crippen molar-refractivity contribution in [2.75, 3.05) is 13.1 Å². The maximum Gasteiger partial charge on any atom is 0.123 e.